The van der Waals surface area contributed by atoms with Crippen LogP contribution in [0.3, 0.4) is 0 Å². The minimum absolute atomic E-state index is 0.224. The molecule has 1 nitrogen and oxygen atoms in total. The van der Waals surface area contributed by atoms with Gasteiger partial charge in [-0.1, -0.05) is 52.3 Å². The van der Waals surface area contributed by atoms with Crippen LogP contribution < -0.4 is 5.73 Å². The van der Waals surface area contributed by atoms with Gasteiger partial charge in [-0.05, 0) is 65.0 Å². The Kier molecular flexibility index (Phi) is 3.68. The smallest absolute Gasteiger partial charge is 0.0157 e. The molecule has 115 valence electrons. The van der Waals surface area contributed by atoms with Crippen molar-refractivity contribution < 1.29 is 0 Å². The fourth-order valence-electron chi connectivity index (χ4n) is 5.21. The Bertz CT molecular complexity index is 533. The topological polar surface area (TPSA) is 23.8 Å². The number of hydrogen-bond acceptors (Lipinski definition) is 0. The Morgan fingerprint density at radius 1 is 1.24 bits per heavy atom. The van der Waals surface area contributed by atoms with Crippen LogP contribution in [0.5, 0.6) is 0 Å². The zero-order valence-electron chi connectivity index (χ0n) is 14.1. The zero-order chi connectivity index (χ0) is 15.3. The van der Waals surface area contributed by atoms with Gasteiger partial charge in [0.05, 0.1) is 0 Å². The largest absolute Gasteiger partial charge is 0.257 e. The van der Waals surface area contributed by atoms with Crippen molar-refractivity contribution in [1.29, 1.82) is 0 Å². The van der Waals surface area contributed by atoms with E-state index in [4.69, 9.17) is 5.73 Å². The van der Waals surface area contributed by atoms with Crippen LogP contribution in [0.15, 0.2) is 18.2 Å². The molecule has 1 heteroatoms. The first-order valence-corrected chi connectivity index (χ1v) is 8.68. The Labute approximate surface area is 130 Å². The summed E-state index contributed by atoms with van der Waals surface area (Å²) >= 11 is 0. The van der Waals surface area contributed by atoms with Crippen molar-refractivity contribution >= 4 is 0 Å². The molecule has 3 rings (SSSR count). The minimum atomic E-state index is 0.224. The summed E-state index contributed by atoms with van der Waals surface area (Å²) in [6.45, 7) is 10.0. The van der Waals surface area contributed by atoms with Crippen LogP contribution in [0.4, 0.5) is 0 Å². The molecule has 0 saturated heterocycles. The molecule has 0 unspecified atom stereocenters. The number of nitrogens with one attached hydrogen (secondary N) is 1. The van der Waals surface area contributed by atoms with Gasteiger partial charge in [-0.15, -0.1) is 0 Å². The van der Waals surface area contributed by atoms with Crippen LogP contribution in [-0.4, -0.2) is 6.54 Å². The van der Waals surface area contributed by atoms with Gasteiger partial charge in [0.1, 0.15) is 0 Å². The third-order valence-electron chi connectivity index (χ3n) is 6.57. The maximum absolute atomic E-state index is 8.08. The van der Waals surface area contributed by atoms with Crippen LogP contribution in [0.2, 0.25) is 0 Å². The highest BCUT2D eigenvalue weighted by molar-refractivity contribution is 5.42. The van der Waals surface area contributed by atoms with Gasteiger partial charge < -0.3 is 0 Å². The second-order valence-electron chi connectivity index (χ2n) is 8.26. The molecular formula is C20H30N. The number of hydrogen-bond donors (Lipinski definition) is 0. The SMILES string of the molecule is CC(C)c1ccc2c(c1)CC[C@H]1[C@@](C)(C[NH])CCC[C@]21C. The van der Waals surface area contributed by atoms with Crippen molar-refractivity contribution in [2.45, 2.75) is 71.1 Å². The van der Waals surface area contributed by atoms with Crippen LogP contribution in [-0.2, 0) is 11.8 Å². The van der Waals surface area contributed by atoms with E-state index in [1.807, 2.05) is 0 Å². The molecule has 2 aliphatic rings. The summed E-state index contributed by atoms with van der Waals surface area (Å²) < 4.78 is 0. The Morgan fingerprint density at radius 2 is 2.00 bits per heavy atom. The fourth-order valence-corrected chi connectivity index (χ4v) is 5.21. The lowest BCUT2D eigenvalue weighted by molar-refractivity contribution is 0.0314. The maximum atomic E-state index is 8.08. The normalized spacial score (nSPS) is 35.4. The Hall–Kier alpha value is -0.820. The maximum Gasteiger partial charge on any atom is 0.0157 e. The highest BCUT2D eigenvalue weighted by Gasteiger charge is 2.51. The van der Waals surface area contributed by atoms with Crippen LogP contribution >= 0.6 is 0 Å². The molecule has 1 radical (unpaired) electrons. The molecule has 0 amide bonds. The summed E-state index contributed by atoms with van der Waals surface area (Å²) in [5.41, 5.74) is 13.3. The third kappa shape index (κ3) is 2.25. The molecule has 0 aromatic heterocycles. The monoisotopic (exact) mass is 284 g/mol. The third-order valence-corrected chi connectivity index (χ3v) is 6.57. The molecule has 3 atom stereocenters. The van der Waals surface area contributed by atoms with Crippen molar-refractivity contribution in [3.63, 3.8) is 0 Å². The summed E-state index contributed by atoms with van der Waals surface area (Å²) in [6, 6.07) is 7.24. The molecule has 1 fully saturated rings. The average Bonchev–Trinajstić information content (AvgIpc) is 2.46. The summed E-state index contributed by atoms with van der Waals surface area (Å²) in [6.07, 6.45) is 6.33. The summed E-state index contributed by atoms with van der Waals surface area (Å²) in [5, 5.41) is 0. The molecule has 1 saturated carbocycles. The second-order valence-corrected chi connectivity index (χ2v) is 8.26. The van der Waals surface area contributed by atoms with Crippen molar-refractivity contribution in [2.75, 3.05) is 6.54 Å². The van der Waals surface area contributed by atoms with Crippen molar-refractivity contribution in [1.82, 2.24) is 5.73 Å². The second kappa shape index (κ2) is 5.12. The number of rotatable bonds is 2. The van der Waals surface area contributed by atoms with Gasteiger partial charge in [-0.25, -0.2) is 0 Å². The van der Waals surface area contributed by atoms with Crippen molar-refractivity contribution in [3.05, 3.63) is 34.9 Å². The molecule has 0 bridgehead atoms. The fraction of sp³-hybridized carbons (Fsp3) is 0.700. The van der Waals surface area contributed by atoms with E-state index < -0.39 is 0 Å². The minimum Gasteiger partial charge on any atom is -0.257 e. The zero-order valence-corrected chi connectivity index (χ0v) is 14.1. The predicted octanol–water partition coefficient (Wildman–Crippen LogP) is 5.10. The molecule has 1 aromatic rings. The van der Waals surface area contributed by atoms with E-state index in [1.165, 1.54) is 37.7 Å². The first-order valence-electron chi connectivity index (χ1n) is 8.68. The average molecular weight is 284 g/mol. The molecule has 0 spiro atoms. The van der Waals surface area contributed by atoms with Gasteiger partial charge in [0.15, 0.2) is 0 Å². The van der Waals surface area contributed by atoms with Crippen molar-refractivity contribution in [2.24, 2.45) is 11.3 Å². The van der Waals surface area contributed by atoms with E-state index in [1.54, 1.807) is 11.1 Å². The van der Waals surface area contributed by atoms with Gasteiger partial charge in [-0.3, -0.25) is 5.73 Å². The lowest BCUT2D eigenvalue weighted by Crippen LogP contribution is -2.50. The molecular weight excluding hydrogens is 254 g/mol. The summed E-state index contributed by atoms with van der Waals surface area (Å²) in [4.78, 5) is 0. The van der Waals surface area contributed by atoms with Gasteiger partial charge in [-0.2, -0.15) is 0 Å². The van der Waals surface area contributed by atoms with Gasteiger partial charge in [0.2, 0.25) is 0 Å². The van der Waals surface area contributed by atoms with Crippen LogP contribution in [0.1, 0.15) is 76.0 Å². The van der Waals surface area contributed by atoms with Crippen molar-refractivity contribution in [3.8, 4) is 0 Å². The molecule has 21 heavy (non-hydrogen) atoms. The van der Waals surface area contributed by atoms with E-state index in [-0.39, 0.29) is 5.41 Å². The lowest BCUT2D eigenvalue weighted by atomic mass is 9.50. The van der Waals surface area contributed by atoms with Gasteiger partial charge in [0.25, 0.3) is 0 Å². The molecule has 2 aliphatic carbocycles. The van der Waals surface area contributed by atoms with Gasteiger partial charge >= 0.3 is 0 Å². The summed E-state index contributed by atoms with van der Waals surface area (Å²) in [7, 11) is 0. The highest BCUT2D eigenvalue weighted by atomic mass is 14.7. The number of benzene rings is 1. The van der Waals surface area contributed by atoms with E-state index in [2.05, 4.69) is 45.9 Å². The van der Waals surface area contributed by atoms with Crippen LogP contribution in [0.25, 0.3) is 0 Å². The first kappa shape index (κ1) is 15.1. The van der Waals surface area contributed by atoms with Crippen LogP contribution in [0, 0.1) is 11.3 Å². The van der Waals surface area contributed by atoms with Gasteiger partial charge in [0, 0.05) is 6.54 Å². The number of aryl methyl sites for hydroxylation is 1. The number of fused-ring (bicyclic) bond motifs is 3. The van der Waals surface area contributed by atoms with E-state index in [9.17, 15) is 0 Å². The van der Waals surface area contributed by atoms with E-state index in [0.717, 1.165) is 0 Å². The molecule has 1 aromatic carbocycles. The molecule has 0 aliphatic heterocycles. The summed E-state index contributed by atoms with van der Waals surface area (Å²) in [5.74, 6) is 1.30. The predicted molar refractivity (Wildman–Crippen MR) is 89.6 cm³/mol. The highest BCUT2D eigenvalue weighted by Crippen LogP contribution is 2.57. The lowest BCUT2D eigenvalue weighted by Gasteiger charge is -2.55. The Balaban J connectivity index is 2.05. The first-order chi connectivity index (χ1) is 9.90. The molecule has 1 N–H and O–H groups in total. The van der Waals surface area contributed by atoms with E-state index >= 15 is 0 Å². The van der Waals surface area contributed by atoms with E-state index in [0.29, 0.717) is 23.8 Å². The molecule has 0 heterocycles. The standard InChI is InChI=1S/C20H30N/c1-14(2)15-6-8-17-16(12-15)7-9-18-19(3,13-21)10-5-11-20(17,18)4/h6,8,12,14,18,21H,5,7,9-11,13H2,1-4H3/t18-,19+,20+/m0/s1. The Morgan fingerprint density at radius 3 is 2.67 bits per heavy atom. The quantitative estimate of drug-likeness (QED) is 0.721.